The minimum Gasteiger partial charge on any atom is -0.494 e. The first-order valence-corrected chi connectivity index (χ1v) is 7.99. The molecule has 0 atom stereocenters. The van der Waals surface area contributed by atoms with Crippen LogP contribution >= 0.6 is 11.6 Å². The number of aromatic amines is 1. The predicted octanol–water partition coefficient (Wildman–Crippen LogP) is 4.52. The zero-order chi connectivity index (χ0) is 17.8. The van der Waals surface area contributed by atoms with Crippen LogP contribution in [0.4, 0.5) is 10.1 Å². The van der Waals surface area contributed by atoms with Gasteiger partial charge in [-0.1, -0.05) is 11.6 Å². The Bertz CT molecular complexity index is 894. The fourth-order valence-corrected chi connectivity index (χ4v) is 2.42. The maximum absolute atomic E-state index is 13.3. The summed E-state index contributed by atoms with van der Waals surface area (Å²) in [5.74, 6) is -0.183. The Kier molecular flexibility index (Phi) is 5.00. The molecular formula is C18H15ClFN3O2. The summed E-state index contributed by atoms with van der Waals surface area (Å²) < 4.78 is 18.7. The molecule has 1 amide bonds. The normalized spacial score (nSPS) is 10.5. The standard InChI is InChI=1S/C18H15ClFN3O2/c1-2-25-13-6-3-11(4-7-13)15-10-17(23-22-15)18(24)21-16-9-12(20)5-8-14(16)19/h3-10H,2H2,1H3,(H,21,24)(H,22,23). The van der Waals surface area contributed by atoms with E-state index in [-0.39, 0.29) is 16.4 Å². The van der Waals surface area contributed by atoms with Gasteiger partial charge in [-0.15, -0.1) is 0 Å². The van der Waals surface area contributed by atoms with E-state index in [0.29, 0.717) is 12.3 Å². The first-order chi connectivity index (χ1) is 12.1. The van der Waals surface area contributed by atoms with Crippen molar-refractivity contribution in [3.63, 3.8) is 0 Å². The number of halogens is 2. The zero-order valence-corrected chi connectivity index (χ0v) is 14.1. The molecule has 25 heavy (non-hydrogen) atoms. The van der Waals surface area contributed by atoms with E-state index in [1.54, 1.807) is 6.07 Å². The van der Waals surface area contributed by atoms with Crippen molar-refractivity contribution in [2.24, 2.45) is 0 Å². The van der Waals surface area contributed by atoms with Crippen LogP contribution in [0.15, 0.2) is 48.5 Å². The van der Waals surface area contributed by atoms with Crippen LogP contribution in [0.25, 0.3) is 11.3 Å². The number of nitrogens with zero attached hydrogens (tertiary/aromatic N) is 1. The zero-order valence-electron chi connectivity index (χ0n) is 13.3. The van der Waals surface area contributed by atoms with Gasteiger partial charge in [0.2, 0.25) is 0 Å². The highest BCUT2D eigenvalue weighted by molar-refractivity contribution is 6.33. The van der Waals surface area contributed by atoms with Crippen molar-refractivity contribution in [3.8, 4) is 17.0 Å². The molecule has 0 spiro atoms. The van der Waals surface area contributed by atoms with Crippen LogP contribution in [-0.4, -0.2) is 22.7 Å². The Morgan fingerprint density at radius 3 is 2.72 bits per heavy atom. The first kappa shape index (κ1) is 17.0. The summed E-state index contributed by atoms with van der Waals surface area (Å²) in [5.41, 5.74) is 1.88. The molecule has 0 saturated carbocycles. The lowest BCUT2D eigenvalue weighted by Crippen LogP contribution is -2.12. The molecule has 5 nitrogen and oxygen atoms in total. The second-order valence-corrected chi connectivity index (χ2v) is 5.61. The number of hydrogen-bond acceptors (Lipinski definition) is 3. The number of anilines is 1. The van der Waals surface area contributed by atoms with Gasteiger partial charge in [-0.2, -0.15) is 5.10 Å². The van der Waals surface area contributed by atoms with Gasteiger partial charge in [0.25, 0.3) is 5.91 Å². The molecule has 0 radical (unpaired) electrons. The summed E-state index contributed by atoms with van der Waals surface area (Å²) in [6, 6.07) is 12.7. The number of aromatic nitrogens is 2. The van der Waals surface area contributed by atoms with E-state index < -0.39 is 11.7 Å². The Hall–Kier alpha value is -2.86. The van der Waals surface area contributed by atoms with Gasteiger partial charge in [0.05, 0.1) is 23.0 Å². The number of benzene rings is 2. The van der Waals surface area contributed by atoms with E-state index in [1.165, 1.54) is 12.1 Å². The average Bonchev–Trinajstić information content (AvgIpc) is 3.09. The number of ether oxygens (including phenoxy) is 1. The Morgan fingerprint density at radius 2 is 2.00 bits per heavy atom. The van der Waals surface area contributed by atoms with Gasteiger partial charge >= 0.3 is 0 Å². The summed E-state index contributed by atoms with van der Waals surface area (Å²) in [6.45, 7) is 2.51. The number of carbonyl (C=O) groups excluding carboxylic acids is 1. The van der Waals surface area contributed by atoms with E-state index in [9.17, 15) is 9.18 Å². The van der Waals surface area contributed by atoms with Crippen LogP contribution in [0, 0.1) is 5.82 Å². The molecule has 128 valence electrons. The van der Waals surface area contributed by atoms with Gasteiger partial charge in [-0.3, -0.25) is 9.89 Å². The van der Waals surface area contributed by atoms with Crippen molar-refractivity contribution in [1.29, 1.82) is 0 Å². The number of nitrogens with one attached hydrogen (secondary N) is 2. The van der Waals surface area contributed by atoms with Crippen LogP contribution in [0.1, 0.15) is 17.4 Å². The molecule has 3 rings (SSSR count). The van der Waals surface area contributed by atoms with Gasteiger partial charge in [0.1, 0.15) is 17.3 Å². The molecular weight excluding hydrogens is 345 g/mol. The second kappa shape index (κ2) is 7.36. The van der Waals surface area contributed by atoms with Gasteiger partial charge in [-0.25, -0.2) is 4.39 Å². The molecule has 2 N–H and O–H groups in total. The molecule has 0 fully saturated rings. The fourth-order valence-electron chi connectivity index (χ4n) is 2.26. The molecule has 0 unspecified atom stereocenters. The highest BCUT2D eigenvalue weighted by atomic mass is 35.5. The second-order valence-electron chi connectivity index (χ2n) is 5.20. The van der Waals surface area contributed by atoms with Crippen LogP contribution in [-0.2, 0) is 0 Å². The summed E-state index contributed by atoms with van der Waals surface area (Å²) >= 11 is 5.95. The van der Waals surface area contributed by atoms with E-state index in [0.717, 1.165) is 17.4 Å². The van der Waals surface area contributed by atoms with E-state index in [1.807, 2.05) is 31.2 Å². The van der Waals surface area contributed by atoms with Crippen molar-refractivity contribution in [3.05, 3.63) is 65.1 Å². The van der Waals surface area contributed by atoms with Gasteiger partial charge in [-0.05, 0) is 55.5 Å². The quantitative estimate of drug-likeness (QED) is 0.703. The first-order valence-electron chi connectivity index (χ1n) is 7.62. The van der Waals surface area contributed by atoms with Crippen molar-refractivity contribution in [1.82, 2.24) is 10.2 Å². The van der Waals surface area contributed by atoms with Crippen LogP contribution < -0.4 is 10.1 Å². The molecule has 0 aliphatic carbocycles. The number of rotatable bonds is 5. The maximum atomic E-state index is 13.3. The van der Waals surface area contributed by atoms with Crippen LogP contribution in [0.5, 0.6) is 5.75 Å². The molecule has 0 aliphatic heterocycles. The monoisotopic (exact) mass is 359 g/mol. The third kappa shape index (κ3) is 3.97. The van der Waals surface area contributed by atoms with Crippen LogP contribution in [0.2, 0.25) is 5.02 Å². The molecule has 1 heterocycles. The highest BCUT2D eigenvalue weighted by Crippen LogP contribution is 2.24. The minimum absolute atomic E-state index is 0.198. The third-order valence-electron chi connectivity index (χ3n) is 3.46. The topological polar surface area (TPSA) is 67.0 Å². The Morgan fingerprint density at radius 1 is 1.24 bits per heavy atom. The molecule has 3 aromatic rings. The third-order valence-corrected chi connectivity index (χ3v) is 3.79. The van der Waals surface area contributed by atoms with Crippen molar-refractivity contribution >= 4 is 23.2 Å². The lowest BCUT2D eigenvalue weighted by atomic mass is 10.1. The number of amides is 1. The van der Waals surface area contributed by atoms with Gasteiger partial charge < -0.3 is 10.1 Å². The summed E-state index contributed by atoms with van der Waals surface area (Å²) in [4.78, 5) is 12.3. The maximum Gasteiger partial charge on any atom is 0.273 e. The van der Waals surface area contributed by atoms with Crippen molar-refractivity contribution < 1.29 is 13.9 Å². The van der Waals surface area contributed by atoms with Gasteiger partial charge in [0, 0.05) is 5.56 Å². The van der Waals surface area contributed by atoms with Crippen molar-refractivity contribution in [2.45, 2.75) is 6.92 Å². The van der Waals surface area contributed by atoms with E-state index in [4.69, 9.17) is 16.3 Å². The number of H-pyrrole nitrogens is 1. The summed E-state index contributed by atoms with van der Waals surface area (Å²) in [5, 5.41) is 9.61. The lowest BCUT2D eigenvalue weighted by Gasteiger charge is -2.05. The summed E-state index contributed by atoms with van der Waals surface area (Å²) in [7, 11) is 0. The summed E-state index contributed by atoms with van der Waals surface area (Å²) in [6.07, 6.45) is 0. The molecule has 0 saturated heterocycles. The molecule has 7 heteroatoms. The Labute approximate surface area is 148 Å². The number of hydrogen-bond donors (Lipinski definition) is 2. The molecule has 2 aromatic carbocycles. The minimum atomic E-state index is -0.487. The molecule has 1 aromatic heterocycles. The fraction of sp³-hybridized carbons (Fsp3) is 0.111. The van der Waals surface area contributed by atoms with E-state index in [2.05, 4.69) is 15.5 Å². The number of carbonyl (C=O) groups is 1. The largest absolute Gasteiger partial charge is 0.494 e. The predicted molar refractivity (Wildman–Crippen MR) is 94.6 cm³/mol. The van der Waals surface area contributed by atoms with Crippen LogP contribution in [0.3, 0.4) is 0 Å². The van der Waals surface area contributed by atoms with Crippen molar-refractivity contribution in [2.75, 3.05) is 11.9 Å². The Balaban J connectivity index is 1.76. The lowest BCUT2D eigenvalue weighted by molar-refractivity contribution is 0.102. The average molecular weight is 360 g/mol. The van der Waals surface area contributed by atoms with E-state index >= 15 is 0 Å². The SMILES string of the molecule is CCOc1ccc(-c2cc(C(=O)Nc3cc(F)ccc3Cl)[nH]n2)cc1. The molecule has 0 aliphatic rings. The van der Waals surface area contributed by atoms with Gasteiger partial charge in [0.15, 0.2) is 0 Å². The smallest absolute Gasteiger partial charge is 0.273 e. The molecule has 0 bridgehead atoms. The highest BCUT2D eigenvalue weighted by Gasteiger charge is 2.13.